The van der Waals surface area contributed by atoms with E-state index in [1.165, 1.54) is 5.56 Å². The molecule has 4 rings (SSSR count). The molecule has 2 heterocycles. The van der Waals surface area contributed by atoms with Gasteiger partial charge in [-0.2, -0.15) is 0 Å². The largest absolute Gasteiger partial charge is 0.492 e. The standard InChI is InChI=1S/C27H34N2O5/c1-26(2,3)34-25(31)11-14-29-15-12-27(13-16-29)19-33-23-17-21(9-10-22(23)27)32-18-24(30)28-20-7-5-4-6-8-20/h4-10,17H,11-16,18-19H2,1-3H3,(H,28,30). The number of carbonyl (C=O) groups is 2. The zero-order valence-corrected chi connectivity index (χ0v) is 20.3. The van der Waals surface area contributed by atoms with Crippen LogP contribution in [-0.4, -0.2) is 55.2 Å². The van der Waals surface area contributed by atoms with E-state index < -0.39 is 5.60 Å². The first-order valence-electron chi connectivity index (χ1n) is 11.9. The molecule has 2 aromatic carbocycles. The fourth-order valence-electron chi connectivity index (χ4n) is 4.57. The number of hydrogen-bond donors (Lipinski definition) is 1. The van der Waals surface area contributed by atoms with Crippen LogP contribution in [0.3, 0.4) is 0 Å². The van der Waals surface area contributed by atoms with Gasteiger partial charge >= 0.3 is 5.97 Å². The first kappa shape index (κ1) is 24.1. The van der Waals surface area contributed by atoms with Crippen molar-refractivity contribution in [2.24, 2.45) is 0 Å². The van der Waals surface area contributed by atoms with Gasteiger partial charge in [0.1, 0.15) is 17.1 Å². The van der Waals surface area contributed by atoms with Crippen LogP contribution in [0.2, 0.25) is 0 Å². The second kappa shape index (κ2) is 10.1. The fraction of sp³-hybridized carbons (Fsp3) is 0.481. The quantitative estimate of drug-likeness (QED) is 0.618. The summed E-state index contributed by atoms with van der Waals surface area (Å²) in [5.41, 5.74) is 1.51. The summed E-state index contributed by atoms with van der Waals surface area (Å²) in [7, 11) is 0. The average molecular weight is 467 g/mol. The Bertz CT molecular complexity index is 1010. The third-order valence-electron chi connectivity index (χ3n) is 6.32. The monoisotopic (exact) mass is 466 g/mol. The van der Waals surface area contributed by atoms with Crippen LogP contribution >= 0.6 is 0 Å². The van der Waals surface area contributed by atoms with Gasteiger partial charge in [0.2, 0.25) is 0 Å². The van der Waals surface area contributed by atoms with Crippen LogP contribution in [0.1, 0.15) is 45.6 Å². The van der Waals surface area contributed by atoms with Crippen LogP contribution in [0.4, 0.5) is 5.69 Å². The number of ether oxygens (including phenoxy) is 3. The molecule has 2 aromatic rings. The summed E-state index contributed by atoms with van der Waals surface area (Å²) in [5, 5.41) is 2.81. The van der Waals surface area contributed by atoms with Crippen LogP contribution < -0.4 is 14.8 Å². The first-order chi connectivity index (χ1) is 16.2. The molecule has 0 saturated carbocycles. The molecule has 0 aliphatic carbocycles. The molecule has 1 saturated heterocycles. The Morgan fingerprint density at radius 1 is 1.09 bits per heavy atom. The van der Waals surface area contributed by atoms with E-state index in [2.05, 4.69) is 16.3 Å². The molecule has 7 nitrogen and oxygen atoms in total. The number of nitrogens with one attached hydrogen (secondary N) is 1. The lowest BCUT2D eigenvalue weighted by Crippen LogP contribution is -2.44. The number of hydrogen-bond acceptors (Lipinski definition) is 6. The highest BCUT2D eigenvalue weighted by molar-refractivity contribution is 5.91. The van der Waals surface area contributed by atoms with Crippen LogP contribution in [0, 0.1) is 0 Å². The number of rotatable bonds is 7. The summed E-state index contributed by atoms with van der Waals surface area (Å²) in [6.45, 7) is 8.82. The van der Waals surface area contributed by atoms with E-state index in [0.29, 0.717) is 18.8 Å². The molecule has 1 spiro atoms. The van der Waals surface area contributed by atoms with Gasteiger partial charge in [0.05, 0.1) is 13.0 Å². The topological polar surface area (TPSA) is 77.1 Å². The summed E-state index contributed by atoms with van der Waals surface area (Å²) in [5.74, 6) is 1.10. The van der Waals surface area contributed by atoms with Gasteiger partial charge in [-0.1, -0.05) is 24.3 Å². The summed E-state index contributed by atoms with van der Waals surface area (Å²) in [6.07, 6.45) is 2.37. The minimum absolute atomic E-state index is 0.000959. The molecule has 1 N–H and O–H groups in total. The number of benzene rings is 2. The molecule has 182 valence electrons. The van der Waals surface area contributed by atoms with Crippen molar-refractivity contribution in [3.63, 3.8) is 0 Å². The molecule has 34 heavy (non-hydrogen) atoms. The first-order valence-corrected chi connectivity index (χ1v) is 11.9. The molecule has 0 bridgehead atoms. The summed E-state index contributed by atoms with van der Waals surface area (Å²) in [6, 6.07) is 15.2. The van der Waals surface area contributed by atoms with Gasteiger partial charge in [0.15, 0.2) is 6.61 Å². The normalized spacial score (nSPS) is 17.0. The van der Waals surface area contributed by atoms with Crippen LogP contribution in [0.25, 0.3) is 0 Å². The zero-order chi connectivity index (χ0) is 24.2. The minimum atomic E-state index is -0.442. The van der Waals surface area contributed by atoms with Gasteiger partial charge in [-0.05, 0) is 64.9 Å². The van der Waals surface area contributed by atoms with Crippen LogP contribution in [0.15, 0.2) is 48.5 Å². The summed E-state index contributed by atoms with van der Waals surface area (Å²) in [4.78, 5) is 26.5. The third-order valence-corrected chi connectivity index (χ3v) is 6.32. The Balaban J connectivity index is 1.27. The van der Waals surface area contributed by atoms with Gasteiger partial charge in [-0.3, -0.25) is 9.59 Å². The summed E-state index contributed by atoms with van der Waals surface area (Å²) < 4.78 is 17.2. The predicted octanol–water partition coefficient (Wildman–Crippen LogP) is 4.16. The van der Waals surface area contributed by atoms with Gasteiger partial charge in [-0.25, -0.2) is 0 Å². The van der Waals surface area contributed by atoms with Crippen LogP contribution in [0.5, 0.6) is 11.5 Å². The lowest BCUT2D eigenvalue weighted by Gasteiger charge is -2.38. The maximum atomic E-state index is 12.2. The van der Waals surface area contributed by atoms with Gasteiger partial charge < -0.3 is 24.4 Å². The molecule has 2 aliphatic rings. The van der Waals surface area contributed by atoms with Crippen molar-refractivity contribution in [2.45, 2.75) is 51.0 Å². The Hall–Kier alpha value is -3.06. The molecule has 0 aromatic heterocycles. The Kier molecular flexibility index (Phi) is 7.12. The second-order valence-electron chi connectivity index (χ2n) is 10.1. The highest BCUT2D eigenvalue weighted by Crippen LogP contribution is 2.46. The molecule has 1 amide bonds. The molecular formula is C27H34N2O5. The van der Waals surface area contributed by atoms with Crippen LogP contribution in [-0.2, 0) is 19.7 Å². The lowest BCUT2D eigenvalue weighted by atomic mass is 9.74. The predicted molar refractivity (Wildman–Crippen MR) is 130 cm³/mol. The number of piperidine rings is 1. The maximum absolute atomic E-state index is 12.2. The van der Waals surface area contributed by atoms with E-state index in [9.17, 15) is 9.59 Å². The Morgan fingerprint density at radius 2 is 1.82 bits per heavy atom. The molecule has 0 radical (unpaired) electrons. The van der Waals surface area contributed by atoms with Gasteiger partial charge in [-0.15, -0.1) is 0 Å². The van der Waals surface area contributed by atoms with Crippen molar-refractivity contribution in [3.8, 4) is 11.5 Å². The van der Waals surface area contributed by atoms with Crippen molar-refractivity contribution in [1.29, 1.82) is 0 Å². The molecule has 2 aliphatic heterocycles. The maximum Gasteiger partial charge on any atom is 0.307 e. The van der Waals surface area contributed by atoms with E-state index in [4.69, 9.17) is 14.2 Å². The number of nitrogens with zero attached hydrogens (tertiary/aromatic N) is 1. The average Bonchev–Trinajstić information content (AvgIpc) is 3.14. The van der Waals surface area contributed by atoms with Crippen molar-refractivity contribution < 1.29 is 23.8 Å². The van der Waals surface area contributed by atoms with Crippen molar-refractivity contribution in [1.82, 2.24) is 4.90 Å². The highest BCUT2D eigenvalue weighted by atomic mass is 16.6. The lowest BCUT2D eigenvalue weighted by molar-refractivity contribution is -0.155. The smallest absolute Gasteiger partial charge is 0.307 e. The molecule has 1 fully saturated rings. The number of esters is 1. The van der Waals surface area contributed by atoms with E-state index in [1.54, 1.807) is 0 Å². The van der Waals surface area contributed by atoms with Crippen molar-refractivity contribution in [3.05, 3.63) is 54.1 Å². The number of anilines is 1. The second-order valence-corrected chi connectivity index (χ2v) is 10.1. The van der Waals surface area contributed by atoms with Crippen molar-refractivity contribution >= 4 is 17.6 Å². The van der Waals surface area contributed by atoms with E-state index in [0.717, 1.165) is 43.9 Å². The van der Waals surface area contributed by atoms with Gasteiger partial charge in [0.25, 0.3) is 5.91 Å². The number of fused-ring (bicyclic) bond motifs is 2. The minimum Gasteiger partial charge on any atom is -0.492 e. The Morgan fingerprint density at radius 3 is 2.53 bits per heavy atom. The SMILES string of the molecule is CC(C)(C)OC(=O)CCN1CCC2(CC1)COc1cc(OCC(=O)Nc3ccccc3)ccc12. The van der Waals surface area contributed by atoms with E-state index in [-0.39, 0.29) is 23.9 Å². The van der Waals surface area contributed by atoms with E-state index in [1.807, 2.05) is 63.2 Å². The number of carbonyl (C=O) groups excluding carboxylic acids is 2. The van der Waals surface area contributed by atoms with E-state index >= 15 is 0 Å². The zero-order valence-electron chi connectivity index (χ0n) is 20.3. The number of amides is 1. The molecule has 7 heteroatoms. The fourth-order valence-corrected chi connectivity index (χ4v) is 4.57. The Labute approximate surface area is 201 Å². The molecule has 0 atom stereocenters. The molecule has 0 unspecified atom stereocenters. The van der Waals surface area contributed by atoms with Crippen molar-refractivity contribution in [2.75, 3.05) is 38.2 Å². The third kappa shape index (κ3) is 6.08. The number of likely N-dealkylation sites (tertiary alicyclic amines) is 1. The highest BCUT2D eigenvalue weighted by Gasteiger charge is 2.43. The molecular weight excluding hydrogens is 432 g/mol. The number of para-hydroxylation sites is 1. The summed E-state index contributed by atoms with van der Waals surface area (Å²) >= 11 is 0. The van der Waals surface area contributed by atoms with Gasteiger partial charge in [0, 0.05) is 29.3 Å².